The molecule has 1 aliphatic carbocycles. The van der Waals surface area contributed by atoms with E-state index < -0.39 is 0 Å². The van der Waals surface area contributed by atoms with E-state index in [1.165, 1.54) is 11.1 Å². The molecule has 2 rings (SSSR count). The zero-order valence-corrected chi connectivity index (χ0v) is 21.2. The van der Waals surface area contributed by atoms with Gasteiger partial charge in [-0.25, -0.2) is 0 Å². The molecule has 1 aromatic rings. The van der Waals surface area contributed by atoms with Crippen LogP contribution in [0.3, 0.4) is 0 Å². The van der Waals surface area contributed by atoms with Crippen LogP contribution in [-0.2, 0) is 10.8 Å². The second-order valence-corrected chi connectivity index (χ2v) is 10.8. The fraction of sp³-hybridized carbons (Fsp3) is 0.556. The van der Waals surface area contributed by atoms with Crippen LogP contribution in [0.25, 0.3) is 0 Å². The number of anilines is 1. The molecule has 31 heavy (non-hydrogen) atoms. The van der Waals surface area contributed by atoms with Crippen LogP contribution >= 0.6 is 0 Å². The van der Waals surface area contributed by atoms with E-state index in [0.29, 0.717) is 5.92 Å². The predicted octanol–water partition coefficient (Wildman–Crippen LogP) is 6.25. The van der Waals surface area contributed by atoms with Crippen molar-refractivity contribution in [2.75, 3.05) is 12.4 Å². The summed E-state index contributed by atoms with van der Waals surface area (Å²) in [6.45, 7) is 19.9. The molecule has 0 bridgehead atoms. The Labute approximate surface area is 190 Å². The molecule has 2 unspecified atom stereocenters. The first kappa shape index (κ1) is 24.9. The van der Waals surface area contributed by atoms with Gasteiger partial charge in [0, 0.05) is 18.8 Å². The van der Waals surface area contributed by atoms with Gasteiger partial charge in [-0.3, -0.25) is 9.98 Å². The molecule has 170 valence electrons. The third-order valence-electron chi connectivity index (χ3n) is 5.50. The molecule has 4 nitrogen and oxygen atoms in total. The van der Waals surface area contributed by atoms with Crippen molar-refractivity contribution >= 4 is 17.4 Å². The molecule has 0 aliphatic heterocycles. The number of nitrogens with zero attached hydrogens (tertiary/aromatic N) is 2. The van der Waals surface area contributed by atoms with Crippen molar-refractivity contribution in [1.29, 1.82) is 0 Å². The van der Waals surface area contributed by atoms with Gasteiger partial charge in [-0.15, -0.1) is 0 Å². The first-order chi connectivity index (χ1) is 14.3. The Kier molecular flexibility index (Phi) is 7.91. The van der Waals surface area contributed by atoms with Gasteiger partial charge >= 0.3 is 0 Å². The van der Waals surface area contributed by atoms with Crippen LogP contribution < -0.4 is 10.6 Å². The summed E-state index contributed by atoms with van der Waals surface area (Å²) in [6, 6.07) is 7.10. The molecule has 0 radical (unpaired) electrons. The smallest absolute Gasteiger partial charge is 0.168 e. The summed E-state index contributed by atoms with van der Waals surface area (Å²) in [4.78, 5) is 9.50. The van der Waals surface area contributed by atoms with Crippen LogP contribution in [0, 0.1) is 5.92 Å². The average molecular weight is 423 g/mol. The van der Waals surface area contributed by atoms with Crippen LogP contribution in [0.1, 0.15) is 73.4 Å². The van der Waals surface area contributed by atoms with Crippen LogP contribution in [0.15, 0.2) is 52.5 Å². The number of aliphatic imine (C=N–C) groups is 2. The summed E-state index contributed by atoms with van der Waals surface area (Å²) in [6.07, 6.45) is 8.58. The monoisotopic (exact) mass is 422 g/mol. The molecule has 0 saturated heterocycles. The quantitative estimate of drug-likeness (QED) is 0.447. The second kappa shape index (κ2) is 9.84. The Balaban J connectivity index is 2.48. The standard InChI is InChI=1S/C27H42N4/c1-18(2)29-25(24(28-10)30-22-14-12-11-13-19(22)3)31-23-17-20(26(4,5)6)15-16-21(23)27(7,8)9/h11-19,22H,1-10H3,(H,28,30)(H,29,31). The van der Waals surface area contributed by atoms with Crippen LogP contribution in [0.4, 0.5) is 5.69 Å². The summed E-state index contributed by atoms with van der Waals surface area (Å²) < 4.78 is 0. The molecule has 1 aliphatic rings. The highest BCUT2D eigenvalue weighted by Crippen LogP contribution is 2.34. The minimum Gasteiger partial charge on any atom is -0.361 e. The van der Waals surface area contributed by atoms with Gasteiger partial charge < -0.3 is 10.6 Å². The predicted molar refractivity (Wildman–Crippen MR) is 138 cm³/mol. The van der Waals surface area contributed by atoms with E-state index in [0.717, 1.165) is 17.4 Å². The molecule has 0 saturated carbocycles. The molecular weight excluding hydrogens is 380 g/mol. The SMILES string of the molecule is C/N=C(NC1C=CC=CC1C)\C(=N/C(C)C)Nc1cc(C(C)(C)C)ccc1C(C)(C)C. The van der Waals surface area contributed by atoms with Gasteiger partial charge in [-0.05, 0) is 47.8 Å². The molecule has 0 amide bonds. The Morgan fingerprint density at radius 3 is 2.10 bits per heavy atom. The second-order valence-electron chi connectivity index (χ2n) is 10.8. The van der Waals surface area contributed by atoms with Crippen molar-refractivity contribution in [2.24, 2.45) is 15.9 Å². The van der Waals surface area contributed by atoms with Crippen molar-refractivity contribution in [3.8, 4) is 0 Å². The minimum atomic E-state index is 0.00402. The zero-order valence-electron chi connectivity index (χ0n) is 21.2. The first-order valence-corrected chi connectivity index (χ1v) is 11.4. The third kappa shape index (κ3) is 6.81. The summed E-state index contributed by atoms with van der Waals surface area (Å²) in [7, 11) is 1.82. The molecule has 4 heteroatoms. The maximum atomic E-state index is 4.92. The number of amidine groups is 2. The van der Waals surface area contributed by atoms with Crippen LogP contribution in [0.5, 0.6) is 0 Å². The summed E-state index contributed by atoms with van der Waals surface area (Å²) >= 11 is 0. The lowest BCUT2D eigenvalue weighted by atomic mass is 9.81. The number of benzene rings is 1. The molecule has 0 fully saturated rings. The largest absolute Gasteiger partial charge is 0.361 e. The highest BCUT2D eigenvalue weighted by molar-refractivity contribution is 6.44. The van der Waals surface area contributed by atoms with Gasteiger partial charge in [0.25, 0.3) is 0 Å². The summed E-state index contributed by atoms with van der Waals surface area (Å²) in [5.74, 6) is 1.95. The van der Waals surface area contributed by atoms with E-state index in [9.17, 15) is 0 Å². The van der Waals surface area contributed by atoms with Gasteiger partial charge in [-0.1, -0.05) is 84.9 Å². The molecule has 0 spiro atoms. The van der Waals surface area contributed by atoms with Crippen LogP contribution in [0.2, 0.25) is 0 Å². The van der Waals surface area contributed by atoms with E-state index in [1.54, 1.807) is 0 Å². The maximum Gasteiger partial charge on any atom is 0.168 e. The van der Waals surface area contributed by atoms with Crippen molar-refractivity contribution in [1.82, 2.24) is 5.32 Å². The number of rotatable bonds is 3. The number of nitrogens with one attached hydrogen (secondary N) is 2. The number of hydrogen-bond acceptors (Lipinski definition) is 2. The molecule has 2 atom stereocenters. The lowest BCUT2D eigenvalue weighted by Crippen LogP contribution is -2.44. The number of allylic oxidation sites excluding steroid dienone is 2. The van der Waals surface area contributed by atoms with E-state index in [2.05, 4.69) is 120 Å². The fourth-order valence-electron chi connectivity index (χ4n) is 3.60. The summed E-state index contributed by atoms with van der Waals surface area (Å²) in [5, 5.41) is 7.27. The van der Waals surface area contributed by atoms with Crippen molar-refractivity contribution < 1.29 is 0 Å². The van der Waals surface area contributed by atoms with E-state index >= 15 is 0 Å². The van der Waals surface area contributed by atoms with Gasteiger partial charge in [0.2, 0.25) is 0 Å². The van der Waals surface area contributed by atoms with Gasteiger partial charge in [0.1, 0.15) is 0 Å². The molecule has 2 N–H and O–H groups in total. The molecular formula is C27H42N4. The Morgan fingerprint density at radius 2 is 1.58 bits per heavy atom. The highest BCUT2D eigenvalue weighted by Gasteiger charge is 2.24. The van der Waals surface area contributed by atoms with Crippen LogP contribution in [-0.4, -0.2) is 30.8 Å². The minimum absolute atomic E-state index is 0.00402. The van der Waals surface area contributed by atoms with E-state index in [1.807, 2.05) is 7.05 Å². The topological polar surface area (TPSA) is 48.8 Å². The summed E-state index contributed by atoms with van der Waals surface area (Å²) in [5.41, 5.74) is 3.72. The van der Waals surface area contributed by atoms with Crippen molar-refractivity contribution in [3.63, 3.8) is 0 Å². The Morgan fingerprint density at radius 1 is 0.935 bits per heavy atom. The normalized spacial score (nSPS) is 20.4. The van der Waals surface area contributed by atoms with Gasteiger partial charge in [-0.2, -0.15) is 0 Å². The zero-order chi connectivity index (χ0) is 23.4. The lowest BCUT2D eigenvalue weighted by molar-refractivity contribution is 0.575. The third-order valence-corrected chi connectivity index (χ3v) is 5.50. The van der Waals surface area contributed by atoms with Crippen molar-refractivity contribution in [3.05, 3.63) is 53.6 Å². The van der Waals surface area contributed by atoms with Gasteiger partial charge in [0.05, 0.1) is 6.04 Å². The first-order valence-electron chi connectivity index (χ1n) is 11.4. The Hall–Kier alpha value is -2.36. The fourth-order valence-corrected chi connectivity index (χ4v) is 3.60. The van der Waals surface area contributed by atoms with E-state index in [-0.39, 0.29) is 22.9 Å². The molecule has 0 heterocycles. The van der Waals surface area contributed by atoms with Crippen molar-refractivity contribution in [2.45, 2.75) is 85.2 Å². The highest BCUT2D eigenvalue weighted by atomic mass is 15.1. The number of hydrogen-bond donors (Lipinski definition) is 2. The Bertz CT molecular complexity index is 873. The average Bonchev–Trinajstić information content (AvgIpc) is 2.65. The molecule has 1 aromatic carbocycles. The molecule has 0 aromatic heterocycles. The maximum absolute atomic E-state index is 4.92. The lowest BCUT2D eigenvalue weighted by Gasteiger charge is -2.29. The van der Waals surface area contributed by atoms with E-state index in [4.69, 9.17) is 4.99 Å². The van der Waals surface area contributed by atoms with Gasteiger partial charge in [0.15, 0.2) is 11.7 Å².